The first-order valence-electron chi connectivity index (χ1n) is 11.2. The molecule has 0 aromatic heterocycles. The second-order valence-corrected chi connectivity index (χ2v) is 10.4. The molecule has 4 rings (SSSR count). The van der Waals surface area contributed by atoms with Crippen LogP contribution in [0, 0.1) is 23.0 Å². The van der Waals surface area contributed by atoms with E-state index in [1.165, 1.54) is 16.4 Å². The molecule has 0 aliphatic carbocycles. The zero-order valence-corrected chi connectivity index (χ0v) is 19.8. The molecule has 0 unspecified atom stereocenters. The summed E-state index contributed by atoms with van der Waals surface area (Å²) >= 11 is 0. The van der Waals surface area contributed by atoms with Gasteiger partial charge in [0, 0.05) is 43.9 Å². The van der Waals surface area contributed by atoms with Crippen molar-refractivity contribution in [3.8, 4) is 0 Å². The van der Waals surface area contributed by atoms with Gasteiger partial charge in [-0.2, -0.15) is 4.31 Å². The van der Waals surface area contributed by atoms with Crippen LogP contribution in [-0.4, -0.2) is 62.9 Å². The molecular weight excluding hydrogens is 460 g/mol. The number of aryl methyl sites for hydroxylation is 1. The number of piperidine rings is 1. The summed E-state index contributed by atoms with van der Waals surface area (Å²) in [4.78, 5) is 26.0. The molecule has 34 heavy (non-hydrogen) atoms. The molecule has 0 spiro atoms. The molecule has 2 heterocycles. The molecule has 11 heteroatoms. The molecule has 0 bridgehead atoms. The van der Waals surface area contributed by atoms with Crippen LogP contribution in [0.4, 0.5) is 17.1 Å². The van der Waals surface area contributed by atoms with E-state index in [4.69, 9.17) is 4.74 Å². The number of carbonyl (C=O) groups is 1. The summed E-state index contributed by atoms with van der Waals surface area (Å²) in [6.07, 6.45) is 1.09. The molecule has 0 saturated carbocycles. The highest BCUT2D eigenvalue weighted by Crippen LogP contribution is 2.32. The number of ether oxygens (including phenoxy) is 1. The van der Waals surface area contributed by atoms with E-state index in [2.05, 4.69) is 5.32 Å². The minimum Gasteiger partial charge on any atom is -0.379 e. The van der Waals surface area contributed by atoms with E-state index >= 15 is 0 Å². The van der Waals surface area contributed by atoms with Crippen molar-refractivity contribution in [3.05, 3.63) is 58.1 Å². The maximum absolute atomic E-state index is 13.0. The van der Waals surface area contributed by atoms with E-state index in [-0.39, 0.29) is 22.4 Å². The zero-order chi connectivity index (χ0) is 24.3. The van der Waals surface area contributed by atoms with E-state index in [1.54, 1.807) is 30.3 Å². The van der Waals surface area contributed by atoms with E-state index in [0.717, 1.165) is 5.56 Å². The largest absolute Gasteiger partial charge is 0.379 e. The maximum Gasteiger partial charge on any atom is 0.292 e. The number of sulfonamides is 1. The first-order valence-corrected chi connectivity index (χ1v) is 12.7. The van der Waals surface area contributed by atoms with Crippen molar-refractivity contribution < 1.29 is 22.9 Å². The van der Waals surface area contributed by atoms with Crippen LogP contribution < -0.4 is 10.2 Å². The molecule has 10 nitrogen and oxygen atoms in total. The van der Waals surface area contributed by atoms with Crippen molar-refractivity contribution in [1.29, 1.82) is 0 Å². The van der Waals surface area contributed by atoms with Crippen LogP contribution in [0.3, 0.4) is 0 Å². The Hall–Kier alpha value is -3.02. The third-order valence-corrected chi connectivity index (χ3v) is 8.25. The van der Waals surface area contributed by atoms with Gasteiger partial charge in [-0.05, 0) is 43.5 Å². The van der Waals surface area contributed by atoms with Gasteiger partial charge < -0.3 is 15.0 Å². The Labute approximate surface area is 198 Å². The first kappa shape index (κ1) is 24.1. The number of anilines is 2. The van der Waals surface area contributed by atoms with Crippen LogP contribution in [0.5, 0.6) is 0 Å². The van der Waals surface area contributed by atoms with Crippen LogP contribution in [-0.2, 0) is 19.6 Å². The average molecular weight is 489 g/mol. The van der Waals surface area contributed by atoms with Gasteiger partial charge in [0.2, 0.25) is 15.9 Å². The number of morpholine rings is 1. The van der Waals surface area contributed by atoms with Crippen molar-refractivity contribution in [2.24, 2.45) is 5.92 Å². The predicted molar refractivity (Wildman–Crippen MR) is 127 cm³/mol. The Bertz CT molecular complexity index is 1170. The van der Waals surface area contributed by atoms with Crippen LogP contribution in [0.15, 0.2) is 47.4 Å². The number of rotatable bonds is 6. The first-order chi connectivity index (χ1) is 16.3. The fourth-order valence-corrected chi connectivity index (χ4v) is 5.77. The quantitative estimate of drug-likeness (QED) is 0.490. The second kappa shape index (κ2) is 10.1. The van der Waals surface area contributed by atoms with Gasteiger partial charge in [0.15, 0.2) is 0 Å². The van der Waals surface area contributed by atoms with Crippen molar-refractivity contribution in [2.45, 2.75) is 24.7 Å². The third-order valence-electron chi connectivity index (χ3n) is 6.36. The highest BCUT2D eigenvalue weighted by atomic mass is 32.2. The topological polar surface area (TPSA) is 122 Å². The number of amides is 1. The lowest BCUT2D eigenvalue weighted by Crippen LogP contribution is -2.40. The maximum atomic E-state index is 13.0. The van der Waals surface area contributed by atoms with E-state index in [1.807, 2.05) is 11.8 Å². The zero-order valence-electron chi connectivity index (χ0n) is 19.0. The smallest absolute Gasteiger partial charge is 0.292 e. The lowest BCUT2D eigenvalue weighted by Gasteiger charge is -2.32. The van der Waals surface area contributed by atoms with Crippen molar-refractivity contribution in [3.63, 3.8) is 0 Å². The fourth-order valence-electron chi connectivity index (χ4n) is 4.34. The van der Waals surface area contributed by atoms with Gasteiger partial charge in [-0.15, -0.1) is 0 Å². The molecule has 1 N–H and O–H groups in total. The minimum absolute atomic E-state index is 0.0549. The highest BCUT2D eigenvalue weighted by molar-refractivity contribution is 7.89. The summed E-state index contributed by atoms with van der Waals surface area (Å²) in [6.45, 7) is 4.18. The van der Waals surface area contributed by atoms with E-state index < -0.39 is 14.9 Å². The lowest BCUT2D eigenvalue weighted by atomic mass is 9.95. The summed E-state index contributed by atoms with van der Waals surface area (Å²) in [5.41, 5.74) is 1.86. The summed E-state index contributed by atoms with van der Waals surface area (Å²) in [7, 11) is -3.67. The minimum atomic E-state index is -3.67. The fraction of sp³-hybridized carbons (Fsp3) is 0.435. The molecule has 2 aromatic rings. The van der Waals surface area contributed by atoms with Gasteiger partial charge in [-0.25, -0.2) is 8.42 Å². The number of nitro benzene ring substituents is 1. The van der Waals surface area contributed by atoms with Gasteiger partial charge in [0.25, 0.3) is 5.69 Å². The summed E-state index contributed by atoms with van der Waals surface area (Å²) in [6, 6.07) is 11.4. The number of carbonyl (C=O) groups excluding carboxylic acids is 1. The number of nitrogens with one attached hydrogen (secondary N) is 1. The van der Waals surface area contributed by atoms with Crippen LogP contribution in [0.25, 0.3) is 0 Å². The summed E-state index contributed by atoms with van der Waals surface area (Å²) in [5.74, 6) is -0.441. The summed E-state index contributed by atoms with van der Waals surface area (Å²) < 4.78 is 32.6. The molecule has 2 saturated heterocycles. The molecule has 182 valence electrons. The highest BCUT2D eigenvalue weighted by Gasteiger charge is 2.30. The molecule has 1 amide bonds. The number of nitro groups is 1. The van der Waals surface area contributed by atoms with E-state index in [9.17, 15) is 23.3 Å². The number of hydrogen-bond acceptors (Lipinski definition) is 7. The Balaban J connectivity index is 1.43. The monoisotopic (exact) mass is 488 g/mol. The molecular formula is C23H28N4O6S. The number of nitrogens with zero attached hydrogens (tertiary/aromatic N) is 3. The lowest BCUT2D eigenvalue weighted by molar-refractivity contribution is -0.384. The van der Waals surface area contributed by atoms with Crippen LogP contribution >= 0.6 is 0 Å². The van der Waals surface area contributed by atoms with Gasteiger partial charge in [-0.1, -0.05) is 18.2 Å². The Morgan fingerprint density at radius 1 is 1.09 bits per heavy atom. The Kier molecular flexibility index (Phi) is 7.15. The van der Waals surface area contributed by atoms with Crippen LogP contribution in [0.2, 0.25) is 0 Å². The molecule has 0 atom stereocenters. The van der Waals surface area contributed by atoms with Gasteiger partial charge in [0.1, 0.15) is 5.69 Å². The number of hydrogen-bond donors (Lipinski definition) is 1. The van der Waals surface area contributed by atoms with E-state index in [0.29, 0.717) is 63.6 Å². The molecule has 2 fully saturated rings. The predicted octanol–water partition coefficient (Wildman–Crippen LogP) is 2.78. The number of para-hydroxylation sites is 2. The van der Waals surface area contributed by atoms with Crippen molar-refractivity contribution >= 4 is 33.0 Å². The average Bonchev–Trinajstić information content (AvgIpc) is 2.86. The van der Waals surface area contributed by atoms with Crippen molar-refractivity contribution in [1.82, 2.24) is 4.31 Å². The normalized spacial score (nSPS) is 18.0. The SMILES string of the molecule is Cc1ccc(S(=O)(=O)N2CCOCC2)cc1NC(=O)C1CCN(c2ccccc2[N+](=O)[O-])CC1. The van der Waals surface area contributed by atoms with Crippen molar-refractivity contribution in [2.75, 3.05) is 49.6 Å². The third kappa shape index (κ3) is 5.06. The van der Waals surface area contributed by atoms with Gasteiger partial charge in [0.05, 0.1) is 23.0 Å². The van der Waals surface area contributed by atoms with Gasteiger partial charge >= 0.3 is 0 Å². The molecule has 2 aliphatic heterocycles. The molecule has 2 aliphatic rings. The molecule has 0 radical (unpaired) electrons. The molecule has 2 aromatic carbocycles. The Morgan fingerprint density at radius 3 is 2.44 bits per heavy atom. The Morgan fingerprint density at radius 2 is 1.76 bits per heavy atom. The van der Waals surface area contributed by atoms with Gasteiger partial charge in [-0.3, -0.25) is 14.9 Å². The van der Waals surface area contributed by atoms with Crippen LogP contribution in [0.1, 0.15) is 18.4 Å². The summed E-state index contributed by atoms with van der Waals surface area (Å²) in [5, 5.41) is 14.2. The second-order valence-electron chi connectivity index (χ2n) is 8.49. The number of benzene rings is 2. The standard InChI is InChI=1S/C23H28N4O6S/c1-17-6-7-19(34(31,32)26-12-14-33-15-13-26)16-20(17)24-23(28)18-8-10-25(11-9-18)21-4-2-3-5-22(21)27(29)30/h2-7,16,18H,8-15H2,1H3,(H,24,28).